The third-order valence-corrected chi connectivity index (χ3v) is 4.62. The molecular weight excluding hydrogens is 248 g/mol. The fourth-order valence-electron chi connectivity index (χ4n) is 3.58. The molecule has 1 fully saturated rings. The second-order valence-corrected chi connectivity index (χ2v) is 6.70. The molecule has 1 N–H and O–H groups in total. The van der Waals surface area contributed by atoms with Crippen LogP contribution in [0.5, 0.6) is 0 Å². The van der Waals surface area contributed by atoms with Crippen LogP contribution in [0.4, 0.5) is 0 Å². The summed E-state index contributed by atoms with van der Waals surface area (Å²) in [7, 11) is 1.81. The molecule has 0 aliphatic heterocycles. The van der Waals surface area contributed by atoms with Gasteiger partial charge in [-0.2, -0.15) is 0 Å². The Bertz CT molecular complexity index is 245. The summed E-state index contributed by atoms with van der Waals surface area (Å²) < 4.78 is 5.33. The Morgan fingerprint density at radius 3 is 2.55 bits per heavy atom. The van der Waals surface area contributed by atoms with Gasteiger partial charge in [-0.25, -0.2) is 0 Å². The van der Waals surface area contributed by atoms with Crippen LogP contribution in [0.25, 0.3) is 0 Å². The summed E-state index contributed by atoms with van der Waals surface area (Å²) >= 11 is 0. The standard InChI is InChI=1S/C17H36N2O/c1-6-15-8-9-16(18-7-2)17(12-15)19(10-11-20-5)13-14(3)4/h14-18H,6-13H2,1-5H3. The highest BCUT2D eigenvalue weighted by atomic mass is 16.5. The predicted octanol–water partition coefficient (Wildman–Crippen LogP) is 3.15. The molecule has 3 unspecified atom stereocenters. The van der Waals surface area contributed by atoms with Crippen molar-refractivity contribution in [2.24, 2.45) is 11.8 Å². The lowest BCUT2D eigenvalue weighted by molar-refractivity contribution is 0.0594. The molecule has 0 heterocycles. The summed E-state index contributed by atoms with van der Waals surface area (Å²) in [5, 5.41) is 3.73. The molecule has 0 spiro atoms. The first kappa shape index (κ1) is 17.9. The quantitative estimate of drug-likeness (QED) is 0.704. The molecule has 3 heteroatoms. The molecule has 1 aliphatic rings. The van der Waals surface area contributed by atoms with Crippen LogP contribution in [0.1, 0.15) is 53.4 Å². The molecule has 1 aliphatic carbocycles. The summed E-state index contributed by atoms with van der Waals surface area (Å²) in [5.74, 6) is 1.63. The van der Waals surface area contributed by atoms with Crippen molar-refractivity contribution >= 4 is 0 Å². The summed E-state index contributed by atoms with van der Waals surface area (Å²) in [6.45, 7) is 13.4. The summed E-state index contributed by atoms with van der Waals surface area (Å²) in [6, 6.07) is 1.35. The summed E-state index contributed by atoms with van der Waals surface area (Å²) in [5.41, 5.74) is 0. The van der Waals surface area contributed by atoms with E-state index in [0.717, 1.165) is 31.5 Å². The average Bonchev–Trinajstić information content (AvgIpc) is 2.44. The molecule has 0 aromatic carbocycles. The molecule has 20 heavy (non-hydrogen) atoms. The zero-order valence-electron chi connectivity index (χ0n) is 14.3. The predicted molar refractivity (Wildman–Crippen MR) is 87.2 cm³/mol. The monoisotopic (exact) mass is 284 g/mol. The van der Waals surface area contributed by atoms with Gasteiger partial charge in [0.2, 0.25) is 0 Å². The maximum Gasteiger partial charge on any atom is 0.0589 e. The van der Waals surface area contributed by atoms with E-state index in [2.05, 4.69) is 37.9 Å². The Morgan fingerprint density at radius 1 is 1.25 bits per heavy atom. The highest BCUT2D eigenvalue weighted by Crippen LogP contribution is 2.30. The zero-order chi connectivity index (χ0) is 15.0. The third-order valence-electron chi connectivity index (χ3n) is 4.62. The second-order valence-electron chi connectivity index (χ2n) is 6.70. The minimum absolute atomic E-state index is 0.665. The first-order valence-electron chi connectivity index (χ1n) is 8.58. The molecule has 0 aromatic heterocycles. The number of rotatable bonds is 9. The van der Waals surface area contributed by atoms with E-state index in [1.807, 2.05) is 7.11 Å². The van der Waals surface area contributed by atoms with E-state index in [1.54, 1.807) is 0 Å². The SMILES string of the molecule is CCNC1CCC(CC)CC1N(CCOC)CC(C)C. The number of ether oxygens (including phenoxy) is 1. The van der Waals surface area contributed by atoms with Crippen LogP contribution in [-0.2, 0) is 4.74 Å². The van der Waals surface area contributed by atoms with Crippen molar-refractivity contribution in [3.05, 3.63) is 0 Å². The zero-order valence-corrected chi connectivity index (χ0v) is 14.3. The van der Waals surface area contributed by atoms with Gasteiger partial charge in [0.05, 0.1) is 6.61 Å². The van der Waals surface area contributed by atoms with Crippen molar-refractivity contribution in [1.82, 2.24) is 10.2 Å². The first-order valence-corrected chi connectivity index (χ1v) is 8.58. The fourth-order valence-corrected chi connectivity index (χ4v) is 3.58. The third kappa shape index (κ3) is 5.71. The topological polar surface area (TPSA) is 24.5 Å². The molecule has 1 rings (SSSR count). The Labute approximate surface area is 126 Å². The minimum Gasteiger partial charge on any atom is -0.383 e. The molecule has 0 amide bonds. The summed E-state index contributed by atoms with van der Waals surface area (Å²) in [6.07, 6.45) is 5.41. The van der Waals surface area contributed by atoms with Gasteiger partial charge in [-0.15, -0.1) is 0 Å². The lowest BCUT2D eigenvalue weighted by Crippen LogP contribution is -2.54. The van der Waals surface area contributed by atoms with E-state index in [1.165, 1.54) is 32.2 Å². The van der Waals surface area contributed by atoms with Crippen molar-refractivity contribution in [2.45, 2.75) is 65.5 Å². The smallest absolute Gasteiger partial charge is 0.0589 e. The van der Waals surface area contributed by atoms with Gasteiger partial charge in [0.1, 0.15) is 0 Å². The lowest BCUT2D eigenvalue weighted by Gasteiger charge is -2.43. The van der Waals surface area contributed by atoms with Crippen molar-refractivity contribution in [3.63, 3.8) is 0 Å². The molecule has 0 bridgehead atoms. The molecule has 0 aromatic rings. The van der Waals surface area contributed by atoms with Crippen molar-refractivity contribution in [1.29, 1.82) is 0 Å². The highest BCUT2D eigenvalue weighted by molar-refractivity contribution is 4.91. The van der Waals surface area contributed by atoms with Gasteiger partial charge in [-0.1, -0.05) is 34.1 Å². The number of hydrogen-bond acceptors (Lipinski definition) is 3. The number of nitrogens with one attached hydrogen (secondary N) is 1. The Kier molecular flexibility index (Phi) is 8.74. The maximum atomic E-state index is 5.33. The minimum atomic E-state index is 0.665. The van der Waals surface area contributed by atoms with E-state index in [0.29, 0.717) is 12.1 Å². The van der Waals surface area contributed by atoms with E-state index in [4.69, 9.17) is 4.74 Å². The van der Waals surface area contributed by atoms with Gasteiger partial charge < -0.3 is 10.1 Å². The van der Waals surface area contributed by atoms with Gasteiger partial charge in [-0.05, 0) is 37.6 Å². The average molecular weight is 284 g/mol. The largest absolute Gasteiger partial charge is 0.383 e. The van der Waals surface area contributed by atoms with Crippen LogP contribution in [0.15, 0.2) is 0 Å². The molecule has 3 nitrogen and oxygen atoms in total. The van der Waals surface area contributed by atoms with E-state index >= 15 is 0 Å². The molecule has 0 radical (unpaired) electrons. The fraction of sp³-hybridized carbons (Fsp3) is 1.00. The van der Waals surface area contributed by atoms with Crippen LogP contribution < -0.4 is 5.32 Å². The van der Waals surface area contributed by atoms with Gasteiger partial charge in [-0.3, -0.25) is 4.90 Å². The number of hydrogen-bond donors (Lipinski definition) is 1. The van der Waals surface area contributed by atoms with Gasteiger partial charge in [0.25, 0.3) is 0 Å². The molecule has 0 saturated heterocycles. The van der Waals surface area contributed by atoms with Crippen LogP contribution >= 0.6 is 0 Å². The van der Waals surface area contributed by atoms with E-state index in [9.17, 15) is 0 Å². The van der Waals surface area contributed by atoms with Crippen molar-refractivity contribution in [3.8, 4) is 0 Å². The lowest BCUT2D eigenvalue weighted by atomic mass is 9.80. The van der Waals surface area contributed by atoms with Gasteiger partial charge in [0, 0.05) is 32.3 Å². The van der Waals surface area contributed by atoms with Crippen LogP contribution in [0.2, 0.25) is 0 Å². The Morgan fingerprint density at radius 2 is 2.00 bits per heavy atom. The van der Waals surface area contributed by atoms with Gasteiger partial charge >= 0.3 is 0 Å². The Hall–Kier alpha value is -0.120. The van der Waals surface area contributed by atoms with Crippen LogP contribution in [0.3, 0.4) is 0 Å². The van der Waals surface area contributed by atoms with Crippen LogP contribution in [-0.4, -0.2) is 50.3 Å². The molecule has 120 valence electrons. The normalized spacial score (nSPS) is 27.4. The van der Waals surface area contributed by atoms with E-state index in [-0.39, 0.29) is 0 Å². The first-order chi connectivity index (χ1) is 9.62. The van der Waals surface area contributed by atoms with Gasteiger partial charge in [0.15, 0.2) is 0 Å². The number of likely N-dealkylation sites (N-methyl/N-ethyl adjacent to an activating group) is 1. The second kappa shape index (κ2) is 9.75. The summed E-state index contributed by atoms with van der Waals surface area (Å²) in [4.78, 5) is 2.68. The molecule has 1 saturated carbocycles. The molecule has 3 atom stereocenters. The van der Waals surface area contributed by atoms with Crippen molar-refractivity contribution < 1.29 is 4.74 Å². The van der Waals surface area contributed by atoms with Crippen LogP contribution in [0, 0.1) is 11.8 Å². The maximum absolute atomic E-state index is 5.33. The molecular formula is C17H36N2O. The Balaban J connectivity index is 2.72. The number of methoxy groups -OCH3 is 1. The highest BCUT2D eigenvalue weighted by Gasteiger charge is 2.33. The number of nitrogens with zero attached hydrogens (tertiary/aromatic N) is 1. The van der Waals surface area contributed by atoms with E-state index < -0.39 is 0 Å². The van der Waals surface area contributed by atoms with Crippen molar-refractivity contribution in [2.75, 3.05) is 33.4 Å².